The van der Waals surface area contributed by atoms with Gasteiger partial charge in [-0.1, -0.05) is 0 Å². The number of fused-ring (bicyclic) bond motifs is 2. The van der Waals surface area contributed by atoms with E-state index >= 15 is 0 Å². The van der Waals surface area contributed by atoms with Gasteiger partial charge in [0.15, 0.2) is 12.0 Å². The molecule has 0 aliphatic rings. The standard InChI is InChI=1S/C14H10N4O4S/c19-14-16-10-3-2-9(6-11(10)17-14)23(20,21)18-8-1-4-13-12(5-8)15-7-22-13/h1-7,18H,(H2,16,17,19). The van der Waals surface area contributed by atoms with Crippen molar-refractivity contribution >= 4 is 37.8 Å². The fraction of sp³-hybridized carbons (Fsp3) is 0. The van der Waals surface area contributed by atoms with Crippen LogP contribution >= 0.6 is 0 Å². The van der Waals surface area contributed by atoms with Crippen molar-refractivity contribution in [1.29, 1.82) is 0 Å². The molecule has 4 rings (SSSR count). The summed E-state index contributed by atoms with van der Waals surface area (Å²) in [5, 5.41) is 0. The molecule has 0 saturated heterocycles. The zero-order chi connectivity index (χ0) is 16.0. The third-order valence-corrected chi connectivity index (χ3v) is 4.76. The molecular formula is C14H10N4O4S. The quantitative estimate of drug-likeness (QED) is 0.529. The van der Waals surface area contributed by atoms with Crippen molar-refractivity contribution in [2.24, 2.45) is 0 Å². The summed E-state index contributed by atoms with van der Waals surface area (Å²) < 4.78 is 32.5. The van der Waals surface area contributed by atoms with Crippen LogP contribution in [0, 0.1) is 0 Å². The first-order valence-corrected chi connectivity index (χ1v) is 8.08. The van der Waals surface area contributed by atoms with Gasteiger partial charge in [-0.15, -0.1) is 0 Å². The SMILES string of the molecule is O=c1[nH]c2ccc(S(=O)(=O)Nc3ccc4ocnc4c3)cc2[nH]1. The molecule has 0 atom stereocenters. The number of aromatic amines is 2. The lowest BCUT2D eigenvalue weighted by molar-refractivity contribution is 0.600. The Labute approximate surface area is 129 Å². The van der Waals surface area contributed by atoms with Crippen molar-refractivity contribution in [2.75, 3.05) is 4.72 Å². The first-order chi connectivity index (χ1) is 11.0. The van der Waals surface area contributed by atoms with Crippen molar-refractivity contribution in [3.8, 4) is 0 Å². The number of benzene rings is 2. The number of sulfonamides is 1. The highest BCUT2D eigenvalue weighted by molar-refractivity contribution is 7.92. The number of imidazole rings is 1. The molecule has 2 heterocycles. The largest absolute Gasteiger partial charge is 0.443 e. The Morgan fingerprint density at radius 2 is 1.87 bits per heavy atom. The Bertz CT molecular complexity index is 1190. The summed E-state index contributed by atoms with van der Waals surface area (Å²) >= 11 is 0. The molecule has 0 bridgehead atoms. The Kier molecular flexibility index (Phi) is 2.78. The Morgan fingerprint density at radius 3 is 2.74 bits per heavy atom. The zero-order valence-electron chi connectivity index (χ0n) is 11.5. The molecule has 3 N–H and O–H groups in total. The van der Waals surface area contributed by atoms with Crippen molar-refractivity contribution in [2.45, 2.75) is 4.90 Å². The number of nitrogens with one attached hydrogen (secondary N) is 3. The minimum atomic E-state index is -3.79. The van der Waals surface area contributed by atoms with Crippen molar-refractivity contribution in [3.05, 3.63) is 53.3 Å². The fourth-order valence-corrected chi connectivity index (χ4v) is 3.39. The van der Waals surface area contributed by atoms with Gasteiger partial charge >= 0.3 is 5.69 Å². The van der Waals surface area contributed by atoms with Crippen molar-refractivity contribution in [1.82, 2.24) is 15.0 Å². The molecule has 0 amide bonds. The Morgan fingerprint density at radius 1 is 1.04 bits per heavy atom. The van der Waals surface area contributed by atoms with Gasteiger partial charge in [0.1, 0.15) is 5.52 Å². The minimum absolute atomic E-state index is 0.0421. The van der Waals surface area contributed by atoms with E-state index in [1.165, 1.54) is 24.6 Å². The second-order valence-electron chi connectivity index (χ2n) is 4.93. The van der Waals surface area contributed by atoms with Crippen LogP contribution in [0.3, 0.4) is 0 Å². The number of hydrogen-bond donors (Lipinski definition) is 3. The molecule has 23 heavy (non-hydrogen) atoms. The van der Waals surface area contributed by atoms with E-state index in [2.05, 4.69) is 19.7 Å². The van der Waals surface area contributed by atoms with E-state index in [9.17, 15) is 13.2 Å². The van der Waals surface area contributed by atoms with Gasteiger partial charge in [0.05, 0.1) is 21.6 Å². The number of oxazole rings is 1. The smallest absolute Gasteiger partial charge is 0.323 e. The van der Waals surface area contributed by atoms with Crippen LogP contribution in [-0.2, 0) is 10.0 Å². The maximum absolute atomic E-state index is 12.5. The molecule has 8 nitrogen and oxygen atoms in total. The number of aromatic nitrogens is 3. The maximum atomic E-state index is 12.5. The highest BCUT2D eigenvalue weighted by atomic mass is 32.2. The predicted molar refractivity (Wildman–Crippen MR) is 83.7 cm³/mol. The summed E-state index contributed by atoms with van der Waals surface area (Å²) in [5.74, 6) is 0. The van der Waals surface area contributed by atoms with Crippen molar-refractivity contribution < 1.29 is 12.8 Å². The Hall–Kier alpha value is -3.07. The molecule has 9 heteroatoms. The molecule has 0 radical (unpaired) electrons. The van der Waals surface area contributed by atoms with Crippen LogP contribution in [0.1, 0.15) is 0 Å². The second-order valence-corrected chi connectivity index (χ2v) is 6.61. The van der Waals surface area contributed by atoms with Gasteiger partial charge in [-0.25, -0.2) is 18.2 Å². The topological polar surface area (TPSA) is 121 Å². The van der Waals surface area contributed by atoms with Gasteiger partial charge in [0.25, 0.3) is 10.0 Å². The minimum Gasteiger partial charge on any atom is -0.443 e. The van der Waals surface area contributed by atoms with E-state index in [1.54, 1.807) is 18.2 Å². The Balaban J connectivity index is 1.74. The number of H-pyrrole nitrogens is 2. The number of nitrogens with zero attached hydrogens (tertiary/aromatic N) is 1. The molecule has 0 fully saturated rings. The van der Waals surface area contributed by atoms with E-state index in [0.717, 1.165) is 0 Å². The third-order valence-electron chi connectivity index (χ3n) is 3.38. The molecule has 0 aliphatic carbocycles. The van der Waals surface area contributed by atoms with Crippen LogP contribution < -0.4 is 10.4 Å². The van der Waals surface area contributed by atoms with Crippen LogP contribution in [0.4, 0.5) is 5.69 Å². The second kappa shape index (κ2) is 4.71. The predicted octanol–water partition coefficient (Wildman–Crippen LogP) is 1.80. The lowest BCUT2D eigenvalue weighted by atomic mass is 10.3. The third kappa shape index (κ3) is 2.36. The van der Waals surface area contributed by atoms with E-state index in [1.807, 2.05) is 0 Å². The van der Waals surface area contributed by atoms with E-state index in [0.29, 0.717) is 27.8 Å². The van der Waals surface area contributed by atoms with Crippen LogP contribution in [0.15, 0.2) is 56.9 Å². The molecule has 116 valence electrons. The summed E-state index contributed by atoms with van der Waals surface area (Å²) in [6.07, 6.45) is 1.29. The highest BCUT2D eigenvalue weighted by Gasteiger charge is 2.16. The average molecular weight is 330 g/mol. The lowest BCUT2D eigenvalue weighted by Gasteiger charge is -2.08. The summed E-state index contributed by atoms with van der Waals surface area (Å²) in [6.45, 7) is 0. The molecule has 0 unspecified atom stereocenters. The molecular weight excluding hydrogens is 320 g/mol. The first kappa shape index (κ1) is 13.6. The molecule has 0 spiro atoms. The lowest BCUT2D eigenvalue weighted by Crippen LogP contribution is -2.12. The molecule has 2 aromatic carbocycles. The molecule has 4 aromatic rings. The number of anilines is 1. The van der Waals surface area contributed by atoms with Crippen molar-refractivity contribution in [3.63, 3.8) is 0 Å². The summed E-state index contributed by atoms with van der Waals surface area (Å²) in [7, 11) is -3.79. The summed E-state index contributed by atoms with van der Waals surface area (Å²) in [5.41, 5.74) is 2.06. The number of rotatable bonds is 3. The monoisotopic (exact) mass is 330 g/mol. The highest BCUT2D eigenvalue weighted by Crippen LogP contribution is 2.22. The number of hydrogen-bond acceptors (Lipinski definition) is 5. The van der Waals surface area contributed by atoms with Crippen LogP contribution in [0.5, 0.6) is 0 Å². The van der Waals surface area contributed by atoms with Gasteiger partial charge in [-0.3, -0.25) is 4.72 Å². The first-order valence-electron chi connectivity index (χ1n) is 6.59. The van der Waals surface area contributed by atoms with Gasteiger partial charge in [-0.05, 0) is 36.4 Å². The average Bonchev–Trinajstić information content (AvgIpc) is 3.10. The van der Waals surface area contributed by atoms with Gasteiger partial charge in [0, 0.05) is 0 Å². The van der Waals surface area contributed by atoms with Gasteiger partial charge in [0.2, 0.25) is 0 Å². The summed E-state index contributed by atoms with van der Waals surface area (Å²) in [4.78, 5) is 20.4. The van der Waals surface area contributed by atoms with E-state index in [-0.39, 0.29) is 10.6 Å². The van der Waals surface area contributed by atoms with Crippen LogP contribution in [0.25, 0.3) is 22.1 Å². The van der Waals surface area contributed by atoms with Crippen LogP contribution in [0.2, 0.25) is 0 Å². The molecule has 0 aliphatic heterocycles. The molecule has 2 aromatic heterocycles. The zero-order valence-corrected chi connectivity index (χ0v) is 12.3. The van der Waals surface area contributed by atoms with E-state index in [4.69, 9.17) is 4.42 Å². The fourth-order valence-electron chi connectivity index (χ4n) is 2.31. The van der Waals surface area contributed by atoms with Gasteiger partial charge < -0.3 is 14.4 Å². The molecule has 0 saturated carbocycles. The van der Waals surface area contributed by atoms with Gasteiger partial charge in [-0.2, -0.15) is 0 Å². The summed E-state index contributed by atoms with van der Waals surface area (Å²) in [6, 6.07) is 9.14. The van der Waals surface area contributed by atoms with Crippen LogP contribution in [-0.4, -0.2) is 23.4 Å². The normalized spacial score (nSPS) is 12.0. The van der Waals surface area contributed by atoms with E-state index < -0.39 is 10.0 Å². The maximum Gasteiger partial charge on any atom is 0.323 e.